The first-order chi connectivity index (χ1) is 10.6. The molecule has 118 valence electrons. The highest BCUT2D eigenvalue weighted by molar-refractivity contribution is 7.13. The quantitative estimate of drug-likeness (QED) is 0.763. The zero-order valence-corrected chi connectivity index (χ0v) is 13.0. The molecular formula is C15H18N2O4S. The Kier molecular flexibility index (Phi) is 5.88. The van der Waals surface area contributed by atoms with E-state index in [9.17, 15) is 4.79 Å². The summed E-state index contributed by atoms with van der Waals surface area (Å²) in [6, 6.07) is 7.62. The van der Waals surface area contributed by atoms with Crippen LogP contribution in [-0.2, 0) is 9.47 Å². The fourth-order valence-corrected chi connectivity index (χ4v) is 2.83. The minimum atomic E-state index is -0.861. The molecule has 1 aromatic heterocycles. The van der Waals surface area contributed by atoms with Gasteiger partial charge in [0, 0.05) is 0 Å². The zero-order chi connectivity index (χ0) is 15.9. The predicted molar refractivity (Wildman–Crippen MR) is 83.6 cm³/mol. The lowest BCUT2D eigenvalue weighted by atomic mass is 10.1. The van der Waals surface area contributed by atoms with E-state index in [-0.39, 0.29) is 19.8 Å². The molecule has 0 saturated heterocycles. The number of thiazole rings is 1. The highest BCUT2D eigenvalue weighted by Gasteiger charge is 2.16. The summed E-state index contributed by atoms with van der Waals surface area (Å²) in [5.74, 6) is 0. The van der Waals surface area contributed by atoms with E-state index in [0.717, 1.165) is 21.7 Å². The zero-order valence-electron chi connectivity index (χ0n) is 12.2. The molecule has 1 aromatic carbocycles. The summed E-state index contributed by atoms with van der Waals surface area (Å²) in [7, 11) is 0. The minimum absolute atomic E-state index is 0.0904. The third-order valence-electron chi connectivity index (χ3n) is 3.05. The molecule has 1 atom stereocenters. The van der Waals surface area contributed by atoms with Crippen LogP contribution in [-0.4, -0.2) is 36.0 Å². The maximum absolute atomic E-state index is 11.0. The Bertz CT molecular complexity index is 612. The minimum Gasteiger partial charge on any atom is -0.439 e. The second-order valence-corrected chi connectivity index (χ2v) is 5.47. The van der Waals surface area contributed by atoms with Crippen LogP contribution in [0.15, 0.2) is 29.8 Å². The lowest BCUT2D eigenvalue weighted by Gasteiger charge is -2.17. The van der Waals surface area contributed by atoms with Crippen LogP contribution < -0.4 is 5.73 Å². The number of aliphatic hydroxyl groups is 1. The van der Waals surface area contributed by atoms with Gasteiger partial charge in [0.05, 0.1) is 35.9 Å². The lowest BCUT2D eigenvalue weighted by Crippen LogP contribution is -2.21. The molecule has 2 rings (SSSR count). The van der Waals surface area contributed by atoms with Crippen molar-refractivity contribution in [2.24, 2.45) is 5.73 Å². The van der Waals surface area contributed by atoms with Crippen LogP contribution >= 0.6 is 11.3 Å². The number of nitrogens with zero attached hydrogens (tertiary/aromatic N) is 1. The van der Waals surface area contributed by atoms with Crippen molar-refractivity contribution >= 4 is 17.4 Å². The molecular weight excluding hydrogens is 304 g/mol. The fourth-order valence-electron chi connectivity index (χ4n) is 2.02. The van der Waals surface area contributed by atoms with Crippen molar-refractivity contribution in [2.45, 2.75) is 13.0 Å². The van der Waals surface area contributed by atoms with Gasteiger partial charge in [-0.2, -0.15) is 0 Å². The number of primary amides is 1. The molecule has 0 spiro atoms. The highest BCUT2D eigenvalue weighted by Crippen LogP contribution is 2.29. The topological polar surface area (TPSA) is 94.7 Å². The van der Waals surface area contributed by atoms with Crippen molar-refractivity contribution in [2.75, 3.05) is 19.8 Å². The van der Waals surface area contributed by atoms with E-state index in [0.29, 0.717) is 0 Å². The molecule has 0 aliphatic heterocycles. The highest BCUT2D eigenvalue weighted by atomic mass is 32.1. The van der Waals surface area contributed by atoms with Crippen molar-refractivity contribution < 1.29 is 19.4 Å². The van der Waals surface area contributed by atoms with Gasteiger partial charge in [-0.25, -0.2) is 9.78 Å². The largest absolute Gasteiger partial charge is 0.439 e. The maximum atomic E-state index is 11.0. The molecule has 0 bridgehead atoms. The average molecular weight is 322 g/mol. The van der Waals surface area contributed by atoms with Crippen LogP contribution in [0.4, 0.5) is 4.79 Å². The van der Waals surface area contributed by atoms with Gasteiger partial charge in [0.2, 0.25) is 0 Å². The van der Waals surface area contributed by atoms with E-state index in [1.807, 2.05) is 31.2 Å². The van der Waals surface area contributed by atoms with Crippen molar-refractivity contribution in [1.82, 2.24) is 4.98 Å². The van der Waals surface area contributed by atoms with Gasteiger partial charge in [0.1, 0.15) is 0 Å². The van der Waals surface area contributed by atoms with Crippen LogP contribution in [0.2, 0.25) is 0 Å². The number of hydrogen-bond acceptors (Lipinski definition) is 6. The Morgan fingerprint density at radius 1 is 1.41 bits per heavy atom. The summed E-state index contributed by atoms with van der Waals surface area (Å²) in [5.41, 5.74) is 9.71. The number of aryl methyl sites for hydroxylation is 1. The molecule has 3 N–H and O–H groups in total. The van der Waals surface area contributed by atoms with Gasteiger partial charge < -0.3 is 20.3 Å². The summed E-state index contributed by atoms with van der Waals surface area (Å²) in [5, 5.41) is 8.74. The molecule has 0 saturated carbocycles. The first kappa shape index (κ1) is 16.4. The third kappa shape index (κ3) is 4.27. The van der Waals surface area contributed by atoms with E-state index in [2.05, 4.69) is 4.98 Å². The molecule has 1 amide bonds. The SMILES string of the molecule is Cc1ncsc1-c1ccc(C(COCCO)OC(N)=O)cc1. The normalized spacial score (nSPS) is 12.1. The Hall–Kier alpha value is -1.96. The van der Waals surface area contributed by atoms with Gasteiger partial charge >= 0.3 is 6.09 Å². The van der Waals surface area contributed by atoms with Crippen molar-refractivity contribution in [3.63, 3.8) is 0 Å². The number of rotatable bonds is 7. The Labute approximate surface area is 132 Å². The number of nitrogens with two attached hydrogens (primary N) is 1. The number of aromatic nitrogens is 1. The molecule has 0 radical (unpaired) electrons. The first-order valence-corrected chi connectivity index (χ1v) is 7.65. The van der Waals surface area contributed by atoms with Crippen LogP contribution in [0, 0.1) is 6.92 Å². The van der Waals surface area contributed by atoms with Crippen LogP contribution in [0.25, 0.3) is 10.4 Å². The van der Waals surface area contributed by atoms with Crippen LogP contribution in [0.1, 0.15) is 17.4 Å². The Balaban J connectivity index is 2.14. The third-order valence-corrected chi connectivity index (χ3v) is 4.03. The molecule has 0 aliphatic carbocycles. The second-order valence-electron chi connectivity index (χ2n) is 4.61. The number of carbonyl (C=O) groups is 1. The van der Waals surface area contributed by atoms with Crippen molar-refractivity contribution in [1.29, 1.82) is 0 Å². The predicted octanol–water partition coefficient (Wildman–Crippen LogP) is 2.26. The summed E-state index contributed by atoms with van der Waals surface area (Å²) < 4.78 is 10.3. The molecule has 0 aliphatic rings. The molecule has 6 nitrogen and oxygen atoms in total. The maximum Gasteiger partial charge on any atom is 0.405 e. The van der Waals surface area contributed by atoms with E-state index < -0.39 is 12.2 Å². The van der Waals surface area contributed by atoms with E-state index in [1.54, 1.807) is 16.8 Å². The number of ether oxygens (including phenoxy) is 2. The van der Waals surface area contributed by atoms with Gasteiger partial charge in [-0.3, -0.25) is 0 Å². The van der Waals surface area contributed by atoms with Crippen LogP contribution in [0.5, 0.6) is 0 Å². The molecule has 2 aromatic rings. The smallest absolute Gasteiger partial charge is 0.405 e. The standard InChI is InChI=1S/C15H18N2O4S/c1-10-14(22-9-17-10)12-4-2-11(3-5-12)13(21-15(16)19)8-20-7-6-18/h2-5,9,13,18H,6-8H2,1H3,(H2,16,19). The van der Waals surface area contributed by atoms with Gasteiger partial charge in [-0.1, -0.05) is 24.3 Å². The van der Waals surface area contributed by atoms with Gasteiger partial charge in [-0.05, 0) is 18.1 Å². The number of amides is 1. The van der Waals surface area contributed by atoms with Crippen molar-refractivity contribution in [3.8, 4) is 10.4 Å². The first-order valence-electron chi connectivity index (χ1n) is 6.77. The number of benzene rings is 1. The van der Waals surface area contributed by atoms with Crippen LogP contribution in [0.3, 0.4) is 0 Å². The summed E-state index contributed by atoms with van der Waals surface area (Å²) in [6.45, 7) is 2.19. The lowest BCUT2D eigenvalue weighted by molar-refractivity contribution is 0.0107. The number of aliphatic hydroxyl groups excluding tert-OH is 1. The molecule has 1 unspecified atom stereocenters. The monoisotopic (exact) mass is 322 g/mol. The van der Waals surface area contributed by atoms with Gasteiger partial charge in [-0.15, -0.1) is 11.3 Å². The van der Waals surface area contributed by atoms with E-state index >= 15 is 0 Å². The van der Waals surface area contributed by atoms with E-state index in [4.69, 9.17) is 20.3 Å². The molecule has 1 heterocycles. The van der Waals surface area contributed by atoms with E-state index in [1.165, 1.54) is 0 Å². The van der Waals surface area contributed by atoms with Gasteiger partial charge in [0.25, 0.3) is 0 Å². The Morgan fingerprint density at radius 3 is 2.68 bits per heavy atom. The van der Waals surface area contributed by atoms with Gasteiger partial charge in [0.15, 0.2) is 6.10 Å². The van der Waals surface area contributed by atoms with Crippen molar-refractivity contribution in [3.05, 3.63) is 41.0 Å². The molecule has 7 heteroatoms. The summed E-state index contributed by atoms with van der Waals surface area (Å²) in [6.07, 6.45) is -1.46. The summed E-state index contributed by atoms with van der Waals surface area (Å²) >= 11 is 1.58. The number of hydrogen-bond donors (Lipinski definition) is 2. The fraction of sp³-hybridized carbons (Fsp3) is 0.333. The Morgan fingerprint density at radius 2 is 2.14 bits per heavy atom. The molecule has 22 heavy (non-hydrogen) atoms. The number of carbonyl (C=O) groups excluding carboxylic acids is 1. The average Bonchev–Trinajstić information content (AvgIpc) is 2.92. The molecule has 0 fully saturated rings. The second kappa shape index (κ2) is 7.88. The summed E-state index contributed by atoms with van der Waals surface area (Å²) in [4.78, 5) is 16.3.